The number of carbonyl (C=O) groups excluding carboxylic acids is 2. The number of aliphatic carboxylic acids is 1. The number of amides is 3. The lowest BCUT2D eigenvalue weighted by Gasteiger charge is -2.19. The summed E-state index contributed by atoms with van der Waals surface area (Å²) >= 11 is 0. The molecule has 3 atom stereocenters. The van der Waals surface area contributed by atoms with Crippen molar-refractivity contribution in [3.8, 4) is 0 Å². The van der Waals surface area contributed by atoms with E-state index in [1.165, 1.54) is 0 Å². The van der Waals surface area contributed by atoms with Gasteiger partial charge in [0.25, 0.3) is 0 Å². The maximum atomic E-state index is 11.6. The molecule has 8 nitrogen and oxygen atoms in total. The fraction of sp³-hybridized carbons (Fsp3) is 0.727. The highest BCUT2D eigenvalue weighted by Gasteiger charge is 2.27. The summed E-state index contributed by atoms with van der Waals surface area (Å²) in [6.07, 6.45) is 0.461. The van der Waals surface area contributed by atoms with Crippen LogP contribution >= 0.6 is 0 Å². The summed E-state index contributed by atoms with van der Waals surface area (Å²) in [6.45, 7) is 2.40. The van der Waals surface area contributed by atoms with Crippen LogP contribution in [0.15, 0.2) is 0 Å². The number of hydrogen-bond donors (Lipinski definition) is 4. The van der Waals surface area contributed by atoms with Gasteiger partial charge in [0.05, 0.1) is 12.1 Å². The smallest absolute Gasteiger partial charge is 0.326 e. The van der Waals surface area contributed by atoms with Gasteiger partial charge in [-0.2, -0.15) is 0 Å². The van der Waals surface area contributed by atoms with Gasteiger partial charge in [-0.25, -0.2) is 9.59 Å². The van der Waals surface area contributed by atoms with E-state index >= 15 is 0 Å². The van der Waals surface area contributed by atoms with Crippen molar-refractivity contribution in [1.29, 1.82) is 0 Å². The lowest BCUT2D eigenvalue weighted by molar-refractivity contribution is -0.139. The second kappa shape index (κ2) is 6.93. The molecule has 0 aliphatic carbocycles. The van der Waals surface area contributed by atoms with Crippen molar-refractivity contribution in [3.63, 3.8) is 0 Å². The highest BCUT2D eigenvalue weighted by molar-refractivity contribution is 5.83. The van der Waals surface area contributed by atoms with E-state index in [-0.39, 0.29) is 25.0 Å². The predicted octanol–water partition coefficient (Wildman–Crippen LogP) is -0.818. The van der Waals surface area contributed by atoms with Crippen molar-refractivity contribution in [3.05, 3.63) is 0 Å². The third-order valence-corrected chi connectivity index (χ3v) is 2.98. The van der Waals surface area contributed by atoms with Crippen LogP contribution in [0, 0.1) is 0 Å². The maximum absolute atomic E-state index is 11.6. The van der Waals surface area contributed by atoms with E-state index in [0.29, 0.717) is 13.0 Å². The molecule has 0 spiro atoms. The standard InChI is InChI=1S/C11H19N3O5/c1-6-7(4-5-19-6)13-11(18)14-8(10(16)17)2-3-9(12)15/h6-8H,2-5H2,1H3,(H2,12,15)(H,16,17)(H2,13,14,18)/t6?,7?,8-/m1/s1. The molecule has 0 radical (unpaired) electrons. The number of urea groups is 1. The Labute approximate surface area is 110 Å². The van der Waals surface area contributed by atoms with Crippen LogP contribution in [-0.2, 0) is 14.3 Å². The van der Waals surface area contributed by atoms with E-state index < -0.39 is 23.9 Å². The van der Waals surface area contributed by atoms with Crippen molar-refractivity contribution in [2.45, 2.75) is 44.4 Å². The molecular weight excluding hydrogens is 254 g/mol. The normalized spacial score (nSPS) is 23.6. The van der Waals surface area contributed by atoms with E-state index in [4.69, 9.17) is 15.6 Å². The molecule has 5 N–H and O–H groups in total. The van der Waals surface area contributed by atoms with Gasteiger partial charge in [0.2, 0.25) is 5.91 Å². The first-order valence-electron chi connectivity index (χ1n) is 6.10. The Balaban J connectivity index is 2.42. The third kappa shape index (κ3) is 5.12. The summed E-state index contributed by atoms with van der Waals surface area (Å²) in [4.78, 5) is 33.2. The summed E-state index contributed by atoms with van der Waals surface area (Å²) < 4.78 is 5.28. The van der Waals surface area contributed by atoms with Crippen LogP contribution in [0.4, 0.5) is 4.79 Å². The van der Waals surface area contributed by atoms with E-state index in [1.807, 2.05) is 6.92 Å². The minimum Gasteiger partial charge on any atom is -0.480 e. The monoisotopic (exact) mass is 273 g/mol. The molecule has 108 valence electrons. The molecule has 8 heteroatoms. The van der Waals surface area contributed by atoms with E-state index in [1.54, 1.807) is 0 Å². The molecule has 3 amide bonds. The third-order valence-electron chi connectivity index (χ3n) is 2.98. The number of ether oxygens (including phenoxy) is 1. The SMILES string of the molecule is CC1OCCC1NC(=O)N[C@H](CCC(N)=O)C(=O)O. The van der Waals surface area contributed by atoms with Gasteiger partial charge >= 0.3 is 12.0 Å². The average Bonchev–Trinajstić information content (AvgIpc) is 2.69. The Morgan fingerprint density at radius 1 is 1.47 bits per heavy atom. The number of rotatable bonds is 6. The first-order chi connectivity index (χ1) is 8.90. The van der Waals surface area contributed by atoms with Gasteiger partial charge in [-0.3, -0.25) is 4.79 Å². The van der Waals surface area contributed by atoms with Gasteiger partial charge < -0.3 is 26.2 Å². The summed E-state index contributed by atoms with van der Waals surface area (Å²) in [5.74, 6) is -1.81. The first-order valence-corrected chi connectivity index (χ1v) is 6.10. The van der Waals surface area contributed by atoms with Crippen LogP contribution in [0.2, 0.25) is 0 Å². The van der Waals surface area contributed by atoms with Crippen LogP contribution in [-0.4, -0.2) is 47.8 Å². The Kier molecular flexibility index (Phi) is 5.56. The second-order valence-corrected chi connectivity index (χ2v) is 4.48. The Hall–Kier alpha value is -1.83. The number of hydrogen-bond acceptors (Lipinski definition) is 4. The molecule has 0 aromatic heterocycles. The van der Waals surface area contributed by atoms with Crippen molar-refractivity contribution in [2.24, 2.45) is 5.73 Å². The Morgan fingerprint density at radius 3 is 2.63 bits per heavy atom. The highest BCUT2D eigenvalue weighted by Crippen LogP contribution is 2.12. The van der Waals surface area contributed by atoms with Gasteiger partial charge in [-0.1, -0.05) is 0 Å². The zero-order valence-corrected chi connectivity index (χ0v) is 10.7. The highest BCUT2D eigenvalue weighted by atomic mass is 16.5. The summed E-state index contributed by atoms with van der Waals surface area (Å²) in [5, 5.41) is 13.9. The Morgan fingerprint density at radius 2 is 2.16 bits per heavy atom. The zero-order valence-electron chi connectivity index (χ0n) is 10.7. The predicted molar refractivity (Wildman–Crippen MR) is 65.3 cm³/mol. The number of carbonyl (C=O) groups is 3. The van der Waals surface area contributed by atoms with Gasteiger partial charge in [0, 0.05) is 13.0 Å². The molecule has 19 heavy (non-hydrogen) atoms. The minimum absolute atomic E-state index is 0.0329. The molecule has 1 aliphatic rings. The van der Waals surface area contributed by atoms with Crippen molar-refractivity contribution in [1.82, 2.24) is 10.6 Å². The van der Waals surface area contributed by atoms with Crippen LogP contribution in [0.3, 0.4) is 0 Å². The fourth-order valence-electron chi connectivity index (χ4n) is 1.83. The molecule has 0 aromatic carbocycles. The molecule has 1 fully saturated rings. The van der Waals surface area contributed by atoms with Gasteiger partial charge in [-0.05, 0) is 19.8 Å². The van der Waals surface area contributed by atoms with Gasteiger partial charge in [0.1, 0.15) is 6.04 Å². The van der Waals surface area contributed by atoms with E-state index in [9.17, 15) is 14.4 Å². The molecule has 0 saturated carbocycles. The molecular formula is C11H19N3O5. The molecule has 1 saturated heterocycles. The number of primary amides is 1. The number of carboxylic acid groups (broad SMARTS) is 1. The van der Waals surface area contributed by atoms with Gasteiger partial charge in [0.15, 0.2) is 0 Å². The molecule has 1 heterocycles. The van der Waals surface area contributed by atoms with Gasteiger partial charge in [-0.15, -0.1) is 0 Å². The molecule has 2 unspecified atom stereocenters. The lowest BCUT2D eigenvalue weighted by Crippen LogP contribution is -2.50. The minimum atomic E-state index is -1.20. The number of carboxylic acids is 1. The Bertz CT molecular complexity index is 360. The molecule has 0 aromatic rings. The fourth-order valence-corrected chi connectivity index (χ4v) is 1.83. The van der Waals surface area contributed by atoms with Crippen LogP contribution in [0.25, 0.3) is 0 Å². The first kappa shape index (κ1) is 15.2. The van der Waals surface area contributed by atoms with Crippen molar-refractivity contribution >= 4 is 17.9 Å². The summed E-state index contributed by atoms with van der Waals surface area (Å²) in [6, 6.07) is -1.85. The van der Waals surface area contributed by atoms with E-state index in [2.05, 4.69) is 10.6 Å². The zero-order chi connectivity index (χ0) is 14.4. The second-order valence-electron chi connectivity index (χ2n) is 4.48. The molecule has 0 bridgehead atoms. The molecule has 1 aliphatic heterocycles. The topological polar surface area (TPSA) is 131 Å². The number of nitrogens with two attached hydrogens (primary N) is 1. The van der Waals surface area contributed by atoms with Crippen LogP contribution in [0.5, 0.6) is 0 Å². The molecule has 1 rings (SSSR count). The maximum Gasteiger partial charge on any atom is 0.326 e. The largest absolute Gasteiger partial charge is 0.480 e. The lowest BCUT2D eigenvalue weighted by atomic mass is 10.1. The summed E-state index contributed by atoms with van der Waals surface area (Å²) in [5.41, 5.74) is 4.95. The van der Waals surface area contributed by atoms with Crippen molar-refractivity contribution in [2.75, 3.05) is 6.61 Å². The van der Waals surface area contributed by atoms with Crippen LogP contribution in [0.1, 0.15) is 26.2 Å². The number of nitrogens with one attached hydrogen (secondary N) is 2. The van der Waals surface area contributed by atoms with Crippen molar-refractivity contribution < 1.29 is 24.2 Å². The van der Waals surface area contributed by atoms with E-state index in [0.717, 1.165) is 0 Å². The van der Waals surface area contributed by atoms with Crippen LogP contribution < -0.4 is 16.4 Å². The quantitative estimate of drug-likeness (QED) is 0.502. The average molecular weight is 273 g/mol. The summed E-state index contributed by atoms with van der Waals surface area (Å²) in [7, 11) is 0.